The molecule has 0 atom stereocenters. The van der Waals surface area contributed by atoms with Gasteiger partial charge in [-0.1, -0.05) is 11.6 Å². The lowest BCUT2D eigenvalue weighted by Gasteiger charge is -2.38. The lowest BCUT2D eigenvalue weighted by atomic mass is 9.79. The fourth-order valence-corrected chi connectivity index (χ4v) is 4.74. The maximum atomic E-state index is 13.2. The van der Waals surface area contributed by atoms with Crippen LogP contribution in [0.25, 0.3) is 10.9 Å². The van der Waals surface area contributed by atoms with Gasteiger partial charge < -0.3 is 10.2 Å². The fourth-order valence-electron chi connectivity index (χ4n) is 4.57. The Morgan fingerprint density at radius 1 is 1.12 bits per heavy atom. The van der Waals surface area contributed by atoms with Crippen molar-refractivity contribution in [3.8, 4) is 0 Å². The molecule has 5 heteroatoms. The normalized spacial score (nSPS) is 19.8. The number of halogens is 1. The van der Waals surface area contributed by atoms with E-state index in [0.29, 0.717) is 5.02 Å². The highest BCUT2D eigenvalue weighted by Gasteiger charge is 2.30. The van der Waals surface area contributed by atoms with Crippen LogP contribution >= 0.6 is 11.6 Å². The number of benzene rings is 1. The summed E-state index contributed by atoms with van der Waals surface area (Å²) in [5.41, 5.74) is 2.44. The highest BCUT2D eigenvalue weighted by atomic mass is 35.5. The number of pyridine rings is 1. The third-order valence-electron chi connectivity index (χ3n) is 6.01. The van der Waals surface area contributed by atoms with Crippen LogP contribution in [0, 0.1) is 18.8 Å². The molecule has 0 unspecified atom stereocenters. The van der Waals surface area contributed by atoms with Crippen LogP contribution in [0.3, 0.4) is 0 Å². The minimum absolute atomic E-state index is 0.117. The SMILES string of the molecule is Cc1cc(C(=O)N2CCC(C3CCNCC3)CC2)c2cc(Cl)ccc2n1. The average Bonchev–Trinajstić information content (AvgIpc) is 2.68. The van der Waals surface area contributed by atoms with Gasteiger partial charge in [-0.3, -0.25) is 9.78 Å². The summed E-state index contributed by atoms with van der Waals surface area (Å²) in [6.07, 6.45) is 4.81. The first-order chi connectivity index (χ1) is 12.6. The molecule has 0 bridgehead atoms. The second-order valence-electron chi connectivity index (χ2n) is 7.69. The number of piperidine rings is 2. The van der Waals surface area contributed by atoms with Gasteiger partial charge in [0.1, 0.15) is 0 Å². The number of aromatic nitrogens is 1. The van der Waals surface area contributed by atoms with E-state index < -0.39 is 0 Å². The van der Waals surface area contributed by atoms with Gasteiger partial charge in [0.15, 0.2) is 0 Å². The molecule has 138 valence electrons. The number of hydrogen-bond acceptors (Lipinski definition) is 3. The van der Waals surface area contributed by atoms with Crippen molar-refractivity contribution in [3.63, 3.8) is 0 Å². The van der Waals surface area contributed by atoms with Gasteiger partial charge in [-0.25, -0.2) is 0 Å². The summed E-state index contributed by atoms with van der Waals surface area (Å²) in [4.78, 5) is 19.8. The lowest BCUT2D eigenvalue weighted by Crippen LogP contribution is -2.42. The second kappa shape index (κ2) is 7.53. The van der Waals surface area contributed by atoms with Crippen LogP contribution in [0.4, 0.5) is 0 Å². The summed E-state index contributed by atoms with van der Waals surface area (Å²) in [5, 5.41) is 4.94. The third kappa shape index (κ3) is 3.58. The smallest absolute Gasteiger partial charge is 0.254 e. The van der Waals surface area contributed by atoms with Crippen molar-refractivity contribution in [3.05, 3.63) is 40.5 Å². The molecule has 4 rings (SSSR count). The Balaban J connectivity index is 1.52. The molecule has 2 saturated heterocycles. The van der Waals surface area contributed by atoms with Crippen molar-refractivity contribution in [2.75, 3.05) is 26.2 Å². The van der Waals surface area contributed by atoms with Crippen molar-refractivity contribution in [2.24, 2.45) is 11.8 Å². The molecule has 4 nitrogen and oxygen atoms in total. The van der Waals surface area contributed by atoms with Crippen molar-refractivity contribution in [1.82, 2.24) is 15.2 Å². The highest BCUT2D eigenvalue weighted by molar-refractivity contribution is 6.31. The molecule has 3 heterocycles. The molecule has 0 spiro atoms. The molecule has 1 amide bonds. The maximum absolute atomic E-state index is 13.2. The standard InChI is InChI=1S/C21H26ClN3O/c1-14-12-19(18-13-17(22)2-3-20(18)24-14)21(26)25-10-6-16(7-11-25)15-4-8-23-9-5-15/h2-3,12-13,15-16,23H,4-11H2,1H3. The van der Waals surface area contributed by atoms with Crippen LogP contribution < -0.4 is 5.32 Å². The topological polar surface area (TPSA) is 45.2 Å². The zero-order valence-corrected chi connectivity index (χ0v) is 16.1. The van der Waals surface area contributed by atoms with Crippen LogP contribution in [-0.4, -0.2) is 42.0 Å². The molecule has 1 aromatic heterocycles. The van der Waals surface area contributed by atoms with Gasteiger partial charge in [0, 0.05) is 29.2 Å². The van der Waals surface area contributed by atoms with E-state index in [2.05, 4.69) is 10.3 Å². The van der Waals surface area contributed by atoms with Crippen molar-refractivity contribution >= 4 is 28.4 Å². The molecule has 2 aliphatic rings. The Bertz CT molecular complexity index is 808. The lowest BCUT2D eigenvalue weighted by molar-refractivity contribution is 0.0644. The Labute approximate surface area is 159 Å². The number of nitrogens with zero attached hydrogens (tertiary/aromatic N) is 2. The van der Waals surface area contributed by atoms with E-state index in [4.69, 9.17) is 11.6 Å². The molecule has 1 N–H and O–H groups in total. The van der Waals surface area contributed by atoms with Crippen LogP contribution in [0.2, 0.25) is 5.02 Å². The minimum atomic E-state index is 0.117. The highest BCUT2D eigenvalue weighted by Crippen LogP contribution is 2.32. The van der Waals surface area contributed by atoms with E-state index in [1.165, 1.54) is 12.8 Å². The Morgan fingerprint density at radius 2 is 1.81 bits per heavy atom. The molecular formula is C21H26ClN3O. The van der Waals surface area contributed by atoms with Crippen LogP contribution in [0.15, 0.2) is 24.3 Å². The quantitative estimate of drug-likeness (QED) is 0.866. The monoisotopic (exact) mass is 371 g/mol. The Kier molecular flexibility index (Phi) is 5.14. The summed E-state index contributed by atoms with van der Waals surface area (Å²) in [5.74, 6) is 1.72. The molecular weight excluding hydrogens is 346 g/mol. The maximum Gasteiger partial charge on any atom is 0.254 e. The van der Waals surface area contributed by atoms with Crippen molar-refractivity contribution in [2.45, 2.75) is 32.6 Å². The average molecular weight is 372 g/mol. The molecule has 26 heavy (non-hydrogen) atoms. The summed E-state index contributed by atoms with van der Waals surface area (Å²) in [7, 11) is 0. The van der Waals surface area contributed by atoms with Crippen molar-refractivity contribution < 1.29 is 4.79 Å². The van der Waals surface area contributed by atoms with Gasteiger partial charge in [0.25, 0.3) is 5.91 Å². The van der Waals surface area contributed by atoms with Gasteiger partial charge in [-0.05, 0) is 81.8 Å². The van der Waals surface area contributed by atoms with E-state index in [9.17, 15) is 4.79 Å². The van der Waals surface area contributed by atoms with E-state index >= 15 is 0 Å². The molecule has 0 aliphatic carbocycles. The number of carbonyl (C=O) groups is 1. The van der Waals surface area contributed by atoms with E-state index in [0.717, 1.165) is 73.0 Å². The number of nitrogens with one attached hydrogen (secondary N) is 1. The first-order valence-electron chi connectivity index (χ1n) is 9.69. The number of rotatable bonds is 2. The van der Waals surface area contributed by atoms with Crippen LogP contribution in [0.1, 0.15) is 41.7 Å². The third-order valence-corrected chi connectivity index (χ3v) is 6.24. The van der Waals surface area contributed by atoms with Gasteiger partial charge in [0.05, 0.1) is 11.1 Å². The zero-order chi connectivity index (χ0) is 18.1. The first kappa shape index (κ1) is 17.7. The predicted octanol–water partition coefficient (Wildman–Crippen LogP) is 4.05. The largest absolute Gasteiger partial charge is 0.339 e. The summed E-state index contributed by atoms with van der Waals surface area (Å²) >= 11 is 6.17. The summed E-state index contributed by atoms with van der Waals surface area (Å²) in [6.45, 7) is 5.95. The van der Waals surface area contributed by atoms with Crippen LogP contribution in [-0.2, 0) is 0 Å². The van der Waals surface area contributed by atoms with Gasteiger partial charge in [-0.15, -0.1) is 0 Å². The summed E-state index contributed by atoms with van der Waals surface area (Å²) < 4.78 is 0. The number of carbonyl (C=O) groups excluding carboxylic acids is 1. The number of fused-ring (bicyclic) bond motifs is 1. The minimum Gasteiger partial charge on any atom is -0.339 e. The Hall–Kier alpha value is -1.65. The molecule has 2 aromatic rings. The molecule has 0 saturated carbocycles. The second-order valence-corrected chi connectivity index (χ2v) is 8.13. The zero-order valence-electron chi connectivity index (χ0n) is 15.3. The number of amides is 1. The number of hydrogen-bond donors (Lipinski definition) is 1. The van der Waals surface area contributed by atoms with E-state index in [1.807, 2.05) is 36.1 Å². The number of aryl methyl sites for hydroxylation is 1. The van der Waals surface area contributed by atoms with Gasteiger partial charge in [0.2, 0.25) is 0 Å². The van der Waals surface area contributed by atoms with Gasteiger partial charge in [-0.2, -0.15) is 0 Å². The molecule has 1 aromatic carbocycles. The predicted molar refractivity (Wildman–Crippen MR) is 106 cm³/mol. The molecule has 2 aliphatic heterocycles. The first-order valence-corrected chi connectivity index (χ1v) is 10.1. The summed E-state index contributed by atoms with van der Waals surface area (Å²) in [6, 6.07) is 7.48. The molecule has 0 radical (unpaired) electrons. The van der Waals surface area contributed by atoms with E-state index in [-0.39, 0.29) is 5.91 Å². The Morgan fingerprint density at radius 3 is 2.54 bits per heavy atom. The van der Waals surface area contributed by atoms with Crippen molar-refractivity contribution in [1.29, 1.82) is 0 Å². The number of likely N-dealkylation sites (tertiary alicyclic amines) is 1. The van der Waals surface area contributed by atoms with Gasteiger partial charge >= 0.3 is 0 Å². The fraction of sp³-hybridized carbons (Fsp3) is 0.524. The van der Waals surface area contributed by atoms with Crippen LogP contribution in [0.5, 0.6) is 0 Å². The van der Waals surface area contributed by atoms with E-state index in [1.54, 1.807) is 0 Å². The molecule has 2 fully saturated rings.